The topological polar surface area (TPSA) is 41.6 Å². The van der Waals surface area contributed by atoms with E-state index in [2.05, 4.69) is 35.1 Å². The summed E-state index contributed by atoms with van der Waals surface area (Å²) >= 11 is 3.50. The molecule has 0 saturated carbocycles. The number of amides is 1. The second-order valence-electron chi connectivity index (χ2n) is 4.97. The third kappa shape index (κ3) is 3.09. The molecule has 0 aliphatic carbocycles. The Balaban J connectivity index is 2.21. The Kier molecular flexibility index (Phi) is 4.47. The molecule has 1 heterocycles. The SMILES string of the molecule is COc1ccc(Br)c(N2CCC(NC(C)C)C2=O)c1. The van der Waals surface area contributed by atoms with Crippen LogP contribution in [0.3, 0.4) is 0 Å². The number of carbonyl (C=O) groups excluding carboxylic acids is 1. The number of nitrogens with one attached hydrogen (secondary N) is 1. The number of hydrogen-bond acceptors (Lipinski definition) is 3. The minimum absolute atomic E-state index is 0.0851. The molecule has 1 atom stereocenters. The fourth-order valence-corrected chi connectivity index (χ4v) is 2.76. The van der Waals surface area contributed by atoms with Crippen molar-refractivity contribution in [2.45, 2.75) is 32.4 Å². The van der Waals surface area contributed by atoms with Crippen molar-refractivity contribution in [2.75, 3.05) is 18.6 Å². The molecular weight excluding hydrogens is 308 g/mol. The van der Waals surface area contributed by atoms with Crippen LogP contribution in [0.2, 0.25) is 0 Å². The lowest BCUT2D eigenvalue weighted by atomic mass is 10.2. The number of halogens is 1. The van der Waals surface area contributed by atoms with Crippen molar-refractivity contribution in [2.24, 2.45) is 0 Å². The van der Waals surface area contributed by atoms with Crippen molar-refractivity contribution < 1.29 is 9.53 Å². The summed E-state index contributed by atoms with van der Waals surface area (Å²) in [7, 11) is 1.63. The summed E-state index contributed by atoms with van der Waals surface area (Å²) in [5.74, 6) is 0.883. The molecule has 19 heavy (non-hydrogen) atoms. The van der Waals surface area contributed by atoms with Crippen LogP contribution in [0.1, 0.15) is 20.3 Å². The van der Waals surface area contributed by atoms with E-state index in [1.807, 2.05) is 23.1 Å². The van der Waals surface area contributed by atoms with Crippen LogP contribution in [0.15, 0.2) is 22.7 Å². The van der Waals surface area contributed by atoms with Gasteiger partial charge in [0, 0.05) is 23.1 Å². The number of nitrogens with zero attached hydrogens (tertiary/aromatic N) is 1. The minimum Gasteiger partial charge on any atom is -0.497 e. The highest BCUT2D eigenvalue weighted by Gasteiger charge is 2.33. The van der Waals surface area contributed by atoms with Gasteiger partial charge in [0.25, 0.3) is 0 Å². The van der Waals surface area contributed by atoms with Crippen molar-refractivity contribution in [3.8, 4) is 5.75 Å². The summed E-state index contributed by atoms with van der Waals surface area (Å²) in [6.45, 7) is 4.84. The van der Waals surface area contributed by atoms with Gasteiger partial charge in [-0.2, -0.15) is 0 Å². The van der Waals surface area contributed by atoms with E-state index in [0.717, 1.165) is 28.9 Å². The Morgan fingerprint density at radius 2 is 2.21 bits per heavy atom. The first-order chi connectivity index (χ1) is 9.02. The summed E-state index contributed by atoms with van der Waals surface area (Å²) in [5, 5.41) is 3.30. The molecule has 0 radical (unpaired) electrons. The first-order valence-electron chi connectivity index (χ1n) is 6.44. The lowest BCUT2D eigenvalue weighted by molar-refractivity contribution is -0.118. The summed E-state index contributed by atoms with van der Waals surface area (Å²) in [6.07, 6.45) is 0.834. The molecule has 4 nitrogen and oxygen atoms in total. The second kappa shape index (κ2) is 5.92. The molecule has 104 valence electrons. The summed E-state index contributed by atoms with van der Waals surface area (Å²) in [6, 6.07) is 5.89. The monoisotopic (exact) mass is 326 g/mol. The van der Waals surface area contributed by atoms with Crippen LogP contribution in [-0.2, 0) is 4.79 Å². The second-order valence-corrected chi connectivity index (χ2v) is 5.82. The highest BCUT2D eigenvalue weighted by Crippen LogP contribution is 2.33. The van der Waals surface area contributed by atoms with Crippen LogP contribution >= 0.6 is 15.9 Å². The number of benzene rings is 1. The number of ether oxygens (including phenoxy) is 1. The van der Waals surface area contributed by atoms with E-state index in [0.29, 0.717) is 6.04 Å². The van der Waals surface area contributed by atoms with Gasteiger partial charge in [0.1, 0.15) is 5.75 Å². The number of methoxy groups -OCH3 is 1. The summed E-state index contributed by atoms with van der Waals surface area (Å²) < 4.78 is 6.13. The maximum atomic E-state index is 12.4. The van der Waals surface area contributed by atoms with Gasteiger partial charge >= 0.3 is 0 Å². The lowest BCUT2D eigenvalue weighted by Crippen LogP contribution is -2.41. The van der Waals surface area contributed by atoms with Gasteiger partial charge in [-0.3, -0.25) is 4.79 Å². The van der Waals surface area contributed by atoms with Crippen LogP contribution in [0.5, 0.6) is 5.75 Å². The maximum absolute atomic E-state index is 12.4. The van der Waals surface area contributed by atoms with E-state index < -0.39 is 0 Å². The fourth-order valence-electron chi connectivity index (χ4n) is 2.30. The third-order valence-corrected chi connectivity index (χ3v) is 3.85. The van der Waals surface area contributed by atoms with Gasteiger partial charge < -0.3 is 15.0 Å². The molecule has 1 aromatic rings. The first kappa shape index (κ1) is 14.3. The van der Waals surface area contributed by atoms with Gasteiger partial charge in [-0.05, 0) is 34.5 Å². The Bertz CT molecular complexity index is 477. The average molecular weight is 327 g/mol. The predicted molar refractivity (Wildman–Crippen MR) is 79.7 cm³/mol. The van der Waals surface area contributed by atoms with Crippen molar-refractivity contribution in [3.05, 3.63) is 22.7 Å². The Morgan fingerprint density at radius 3 is 2.84 bits per heavy atom. The molecule has 2 rings (SSSR count). The predicted octanol–water partition coefficient (Wildman–Crippen LogP) is 2.56. The third-order valence-electron chi connectivity index (χ3n) is 3.18. The number of anilines is 1. The molecular formula is C14H19BrN2O2. The molecule has 0 bridgehead atoms. The smallest absolute Gasteiger partial charge is 0.244 e. The fraction of sp³-hybridized carbons (Fsp3) is 0.500. The maximum Gasteiger partial charge on any atom is 0.244 e. The van der Waals surface area contributed by atoms with E-state index in [-0.39, 0.29) is 11.9 Å². The van der Waals surface area contributed by atoms with E-state index >= 15 is 0 Å². The van der Waals surface area contributed by atoms with E-state index in [9.17, 15) is 4.79 Å². The molecule has 1 aliphatic heterocycles. The highest BCUT2D eigenvalue weighted by atomic mass is 79.9. The van der Waals surface area contributed by atoms with Crippen molar-refractivity contribution in [1.82, 2.24) is 5.32 Å². The van der Waals surface area contributed by atoms with Crippen LogP contribution in [0, 0.1) is 0 Å². The van der Waals surface area contributed by atoms with Crippen molar-refractivity contribution in [1.29, 1.82) is 0 Å². The van der Waals surface area contributed by atoms with Crippen molar-refractivity contribution >= 4 is 27.5 Å². The van der Waals surface area contributed by atoms with Gasteiger partial charge in [0.15, 0.2) is 0 Å². The molecule has 1 saturated heterocycles. The molecule has 1 fully saturated rings. The van der Waals surface area contributed by atoms with Crippen LogP contribution in [-0.4, -0.2) is 31.6 Å². The largest absolute Gasteiger partial charge is 0.497 e. The number of hydrogen-bond donors (Lipinski definition) is 1. The van der Waals surface area contributed by atoms with Gasteiger partial charge in [-0.15, -0.1) is 0 Å². The van der Waals surface area contributed by atoms with E-state index in [1.165, 1.54) is 0 Å². The minimum atomic E-state index is -0.0851. The molecule has 5 heteroatoms. The Morgan fingerprint density at radius 1 is 1.47 bits per heavy atom. The van der Waals surface area contributed by atoms with Gasteiger partial charge in [-0.1, -0.05) is 13.8 Å². The zero-order valence-corrected chi connectivity index (χ0v) is 13.0. The highest BCUT2D eigenvalue weighted by molar-refractivity contribution is 9.10. The van der Waals surface area contributed by atoms with Crippen molar-refractivity contribution in [3.63, 3.8) is 0 Å². The summed E-state index contributed by atoms with van der Waals surface area (Å²) in [5.41, 5.74) is 0.873. The zero-order valence-electron chi connectivity index (χ0n) is 11.4. The lowest BCUT2D eigenvalue weighted by Gasteiger charge is -2.20. The quantitative estimate of drug-likeness (QED) is 0.924. The van der Waals surface area contributed by atoms with Crippen LogP contribution < -0.4 is 15.0 Å². The van der Waals surface area contributed by atoms with Gasteiger partial charge in [0.05, 0.1) is 18.8 Å². The van der Waals surface area contributed by atoms with Crippen LogP contribution in [0.25, 0.3) is 0 Å². The molecule has 1 aromatic carbocycles. The normalized spacial score (nSPS) is 19.3. The average Bonchev–Trinajstić information content (AvgIpc) is 2.71. The standard InChI is InChI=1S/C14H19BrN2O2/c1-9(2)16-12-6-7-17(14(12)18)13-8-10(19-3)4-5-11(13)15/h4-5,8-9,12,16H,6-7H2,1-3H3. The molecule has 0 aromatic heterocycles. The molecule has 1 unspecified atom stereocenters. The molecule has 1 N–H and O–H groups in total. The van der Waals surface area contributed by atoms with E-state index in [4.69, 9.17) is 4.74 Å². The van der Waals surface area contributed by atoms with Gasteiger partial charge in [-0.25, -0.2) is 0 Å². The molecule has 1 amide bonds. The summed E-state index contributed by atoms with van der Waals surface area (Å²) in [4.78, 5) is 14.2. The van der Waals surface area contributed by atoms with Gasteiger partial charge in [0.2, 0.25) is 5.91 Å². The number of rotatable bonds is 4. The number of carbonyl (C=O) groups is 1. The Labute approximate surface area is 122 Å². The zero-order chi connectivity index (χ0) is 14.0. The Hall–Kier alpha value is -1.07. The van der Waals surface area contributed by atoms with Crippen LogP contribution in [0.4, 0.5) is 5.69 Å². The first-order valence-corrected chi connectivity index (χ1v) is 7.23. The van der Waals surface area contributed by atoms with E-state index in [1.54, 1.807) is 7.11 Å². The molecule has 0 spiro atoms. The molecule has 1 aliphatic rings.